The monoisotopic (exact) mass is 341 g/mol. The fraction of sp³-hybridized carbons (Fsp3) is 0.529. The van der Waals surface area contributed by atoms with Crippen molar-refractivity contribution in [1.29, 1.82) is 0 Å². The highest BCUT2D eigenvalue weighted by Gasteiger charge is 2.22. The predicted octanol–water partition coefficient (Wildman–Crippen LogP) is 0.0577. The largest absolute Gasteiger partial charge is 0.352 e. The summed E-state index contributed by atoms with van der Waals surface area (Å²) in [7, 11) is 0. The van der Waals surface area contributed by atoms with Gasteiger partial charge in [-0.15, -0.1) is 0 Å². The van der Waals surface area contributed by atoms with E-state index in [1.807, 2.05) is 4.90 Å². The van der Waals surface area contributed by atoms with Gasteiger partial charge >= 0.3 is 0 Å². The maximum absolute atomic E-state index is 12.5. The van der Waals surface area contributed by atoms with Crippen LogP contribution in [0.1, 0.15) is 17.8 Å². The number of hydrogen-bond donors (Lipinski definition) is 1. The number of aryl methyl sites for hydroxylation is 1. The van der Waals surface area contributed by atoms with Gasteiger partial charge in [0.15, 0.2) is 0 Å². The number of anilines is 1. The van der Waals surface area contributed by atoms with Crippen LogP contribution >= 0.6 is 0 Å². The van der Waals surface area contributed by atoms with Crippen LogP contribution in [0.25, 0.3) is 0 Å². The number of carbonyl (C=O) groups excluding carboxylic acids is 1. The van der Waals surface area contributed by atoms with Crippen molar-refractivity contribution in [3.05, 3.63) is 36.0 Å². The van der Waals surface area contributed by atoms with Crippen LogP contribution in [0.15, 0.2) is 24.7 Å². The van der Waals surface area contributed by atoms with Crippen molar-refractivity contribution in [1.82, 2.24) is 30.0 Å². The second kappa shape index (κ2) is 7.18. The molecule has 0 bridgehead atoms. The molecule has 1 amide bonds. The van der Waals surface area contributed by atoms with E-state index in [2.05, 4.69) is 36.0 Å². The number of nitrogens with one attached hydrogen (secondary N) is 1. The van der Waals surface area contributed by atoms with Gasteiger partial charge in [-0.25, -0.2) is 4.98 Å². The molecular weight excluding hydrogens is 318 g/mol. The third kappa shape index (κ3) is 3.63. The maximum Gasteiger partial charge on any atom is 0.223 e. The zero-order valence-corrected chi connectivity index (χ0v) is 14.3. The Balaban J connectivity index is 1.27. The molecule has 0 atom stereocenters. The number of rotatable bonds is 4. The van der Waals surface area contributed by atoms with E-state index in [0.29, 0.717) is 12.8 Å². The summed E-state index contributed by atoms with van der Waals surface area (Å²) in [4.78, 5) is 25.0. The molecule has 0 unspecified atom stereocenters. The van der Waals surface area contributed by atoms with Gasteiger partial charge in [-0.3, -0.25) is 14.5 Å². The average molecular weight is 341 g/mol. The molecule has 1 N–H and O–H groups in total. The summed E-state index contributed by atoms with van der Waals surface area (Å²) in [5.74, 6) is 1.09. The van der Waals surface area contributed by atoms with Gasteiger partial charge in [0.1, 0.15) is 5.82 Å². The molecule has 0 spiro atoms. The number of amides is 1. The van der Waals surface area contributed by atoms with Crippen molar-refractivity contribution in [3.8, 4) is 0 Å². The molecule has 25 heavy (non-hydrogen) atoms. The Kier molecular flexibility index (Phi) is 4.60. The summed E-state index contributed by atoms with van der Waals surface area (Å²) >= 11 is 0. The lowest BCUT2D eigenvalue weighted by Gasteiger charge is -2.35. The highest BCUT2D eigenvalue weighted by Crippen LogP contribution is 2.14. The van der Waals surface area contributed by atoms with Crippen molar-refractivity contribution in [3.63, 3.8) is 0 Å². The van der Waals surface area contributed by atoms with E-state index in [1.54, 1.807) is 18.6 Å². The van der Waals surface area contributed by atoms with E-state index in [9.17, 15) is 4.79 Å². The van der Waals surface area contributed by atoms with E-state index in [0.717, 1.165) is 57.3 Å². The van der Waals surface area contributed by atoms with Crippen molar-refractivity contribution >= 4 is 11.7 Å². The molecule has 1 fully saturated rings. The number of piperazine rings is 1. The molecule has 2 aliphatic heterocycles. The molecule has 8 heteroatoms. The van der Waals surface area contributed by atoms with Crippen molar-refractivity contribution in [2.24, 2.45) is 0 Å². The van der Waals surface area contributed by atoms with Gasteiger partial charge in [0, 0.05) is 64.5 Å². The van der Waals surface area contributed by atoms with E-state index in [-0.39, 0.29) is 5.91 Å². The summed E-state index contributed by atoms with van der Waals surface area (Å²) in [5, 5.41) is 7.94. The Bertz CT molecular complexity index is 698. The number of hydrogen-bond acceptors (Lipinski definition) is 6. The standard InChI is InChI=1S/C17H23N7O/c25-17(2-1-14-11-15-12-19-5-6-24(15)21-14)23-9-7-22(8-10-23)16-13-18-3-4-20-16/h3-4,11,13,19H,1-2,5-10,12H2. The predicted molar refractivity (Wildman–Crippen MR) is 93.1 cm³/mol. The van der Waals surface area contributed by atoms with E-state index in [4.69, 9.17) is 0 Å². The number of nitrogens with zero attached hydrogens (tertiary/aromatic N) is 6. The topological polar surface area (TPSA) is 79.2 Å². The number of fused-ring (bicyclic) bond motifs is 1. The maximum atomic E-state index is 12.5. The van der Waals surface area contributed by atoms with Crippen LogP contribution in [0.2, 0.25) is 0 Å². The minimum atomic E-state index is 0.211. The Labute approximate surface area is 146 Å². The van der Waals surface area contributed by atoms with Crippen molar-refractivity contribution in [2.75, 3.05) is 37.6 Å². The molecule has 4 heterocycles. The SMILES string of the molecule is O=C(CCc1cc2n(n1)CCNC2)N1CCN(c2cnccn2)CC1. The van der Waals surface area contributed by atoms with Crippen LogP contribution in [0.3, 0.4) is 0 Å². The van der Waals surface area contributed by atoms with Gasteiger partial charge in [-0.2, -0.15) is 5.10 Å². The molecule has 1 saturated heterocycles. The lowest BCUT2D eigenvalue weighted by molar-refractivity contribution is -0.131. The third-order valence-corrected chi connectivity index (χ3v) is 4.82. The van der Waals surface area contributed by atoms with Gasteiger partial charge in [0.05, 0.1) is 24.1 Å². The molecule has 0 radical (unpaired) electrons. The first-order valence-electron chi connectivity index (χ1n) is 8.85. The summed E-state index contributed by atoms with van der Waals surface area (Å²) in [6.45, 7) is 5.81. The lowest BCUT2D eigenvalue weighted by Crippen LogP contribution is -2.49. The van der Waals surface area contributed by atoms with Crippen LogP contribution in [0.4, 0.5) is 5.82 Å². The second-order valence-electron chi connectivity index (χ2n) is 6.46. The first-order chi connectivity index (χ1) is 12.3. The fourth-order valence-corrected chi connectivity index (χ4v) is 3.41. The van der Waals surface area contributed by atoms with Crippen molar-refractivity contribution < 1.29 is 4.79 Å². The Morgan fingerprint density at radius 2 is 2.04 bits per heavy atom. The Morgan fingerprint density at radius 3 is 2.80 bits per heavy atom. The zero-order chi connectivity index (χ0) is 17.1. The molecule has 132 valence electrons. The highest BCUT2D eigenvalue weighted by molar-refractivity contribution is 5.76. The molecule has 0 saturated carbocycles. The number of aromatic nitrogens is 4. The molecule has 2 aromatic rings. The first kappa shape index (κ1) is 16.0. The summed E-state index contributed by atoms with van der Waals surface area (Å²) < 4.78 is 2.05. The van der Waals surface area contributed by atoms with Crippen LogP contribution < -0.4 is 10.2 Å². The second-order valence-corrected chi connectivity index (χ2v) is 6.46. The average Bonchev–Trinajstić information content (AvgIpc) is 3.10. The normalized spacial score (nSPS) is 17.4. The van der Waals surface area contributed by atoms with Crippen molar-refractivity contribution in [2.45, 2.75) is 25.9 Å². The van der Waals surface area contributed by atoms with E-state index >= 15 is 0 Å². The number of carbonyl (C=O) groups is 1. The first-order valence-corrected chi connectivity index (χ1v) is 8.85. The summed E-state index contributed by atoms with van der Waals surface area (Å²) in [5.41, 5.74) is 2.23. The van der Waals surface area contributed by atoms with Crippen LogP contribution in [0.5, 0.6) is 0 Å². The van der Waals surface area contributed by atoms with Gasteiger partial charge in [0.2, 0.25) is 5.91 Å². The molecule has 0 aliphatic carbocycles. The molecule has 0 aromatic carbocycles. The smallest absolute Gasteiger partial charge is 0.223 e. The van der Waals surface area contributed by atoms with E-state index in [1.165, 1.54) is 5.69 Å². The van der Waals surface area contributed by atoms with Gasteiger partial charge in [-0.1, -0.05) is 0 Å². The quantitative estimate of drug-likeness (QED) is 0.847. The minimum absolute atomic E-state index is 0.211. The Hall–Kier alpha value is -2.48. The highest BCUT2D eigenvalue weighted by atomic mass is 16.2. The Morgan fingerprint density at radius 1 is 1.16 bits per heavy atom. The molecular formula is C17H23N7O. The zero-order valence-electron chi connectivity index (χ0n) is 14.3. The molecule has 4 rings (SSSR count). The molecule has 2 aliphatic rings. The van der Waals surface area contributed by atoms with Gasteiger partial charge < -0.3 is 15.1 Å². The molecule has 8 nitrogen and oxygen atoms in total. The third-order valence-electron chi connectivity index (χ3n) is 4.82. The van der Waals surface area contributed by atoms with Gasteiger partial charge in [-0.05, 0) is 6.07 Å². The van der Waals surface area contributed by atoms with Crippen LogP contribution in [-0.2, 0) is 24.3 Å². The van der Waals surface area contributed by atoms with Crippen LogP contribution in [0, 0.1) is 0 Å². The van der Waals surface area contributed by atoms with E-state index < -0.39 is 0 Å². The van der Waals surface area contributed by atoms with Crippen LogP contribution in [-0.4, -0.2) is 63.3 Å². The molecule has 2 aromatic heterocycles. The van der Waals surface area contributed by atoms with Gasteiger partial charge in [0.25, 0.3) is 0 Å². The summed E-state index contributed by atoms with van der Waals surface area (Å²) in [6, 6.07) is 2.12. The fourth-order valence-electron chi connectivity index (χ4n) is 3.41. The summed E-state index contributed by atoms with van der Waals surface area (Å²) in [6.07, 6.45) is 6.38. The minimum Gasteiger partial charge on any atom is -0.352 e. The lowest BCUT2D eigenvalue weighted by atomic mass is 10.2.